The molecule has 0 N–H and O–H groups in total. The molecular weight excluding hydrogens is 284 g/mol. The summed E-state index contributed by atoms with van der Waals surface area (Å²) >= 11 is 0. The van der Waals surface area contributed by atoms with Crippen LogP contribution in [-0.4, -0.2) is 26.2 Å². The van der Waals surface area contributed by atoms with E-state index in [9.17, 15) is 9.90 Å². The van der Waals surface area contributed by atoms with Crippen molar-refractivity contribution in [2.75, 3.05) is 0 Å². The van der Waals surface area contributed by atoms with E-state index in [-0.39, 0.29) is 0 Å². The Labute approximate surface area is 125 Å². The fourth-order valence-corrected chi connectivity index (χ4v) is 1.94. The van der Waals surface area contributed by atoms with Gasteiger partial charge >= 0.3 is 0 Å². The summed E-state index contributed by atoms with van der Waals surface area (Å²) in [5.41, 5.74) is 0.687. The summed E-state index contributed by atoms with van der Waals surface area (Å²) in [6, 6.07) is 16.4. The zero-order valence-electron chi connectivity index (χ0n) is 11.4. The third kappa shape index (κ3) is 3.09. The van der Waals surface area contributed by atoms with Gasteiger partial charge in [0.25, 0.3) is 0 Å². The van der Waals surface area contributed by atoms with Crippen LogP contribution in [0, 0.1) is 0 Å². The van der Waals surface area contributed by atoms with Gasteiger partial charge in [0.05, 0.1) is 12.5 Å². The summed E-state index contributed by atoms with van der Waals surface area (Å²) < 4.78 is 6.85. The number of carbonyl (C=O) groups is 1. The van der Waals surface area contributed by atoms with Crippen molar-refractivity contribution in [1.82, 2.24) is 20.2 Å². The standard InChI is InChI=1S/C15H12N4O3/c20-14(21)10-19-15(16-17-18-19)11-6-8-13(9-7-11)22-12-4-2-1-3-5-12/h1-9H,10H2,(H,20,21)/p-1. The number of rotatable bonds is 5. The summed E-state index contributed by atoms with van der Waals surface area (Å²) in [6.07, 6.45) is 0. The number of tetrazole rings is 1. The van der Waals surface area contributed by atoms with E-state index in [1.54, 1.807) is 24.3 Å². The summed E-state index contributed by atoms with van der Waals surface area (Å²) in [5, 5.41) is 21.6. The van der Waals surface area contributed by atoms with E-state index in [2.05, 4.69) is 15.5 Å². The van der Waals surface area contributed by atoms with Gasteiger partial charge < -0.3 is 14.6 Å². The van der Waals surface area contributed by atoms with Gasteiger partial charge in [0.2, 0.25) is 0 Å². The molecule has 7 nitrogen and oxygen atoms in total. The third-order valence-electron chi connectivity index (χ3n) is 2.90. The predicted octanol–water partition coefficient (Wildman–Crippen LogP) is 0.882. The first-order chi connectivity index (χ1) is 10.7. The number of nitrogens with zero attached hydrogens (tertiary/aromatic N) is 4. The van der Waals surface area contributed by atoms with E-state index in [4.69, 9.17) is 4.74 Å². The molecule has 110 valence electrons. The topological polar surface area (TPSA) is 93.0 Å². The van der Waals surface area contributed by atoms with Crippen molar-refractivity contribution in [2.24, 2.45) is 0 Å². The normalized spacial score (nSPS) is 10.4. The molecule has 0 bridgehead atoms. The van der Waals surface area contributed by atoms with E-state index in [1.807, 2.05) is 30.3 Å². The lowest BCUT2D eigenvalue weighted by Crippen LogP contribution is -2.28. The zero-order chi connectivity index (χ0) is 15.4. The van der Waals surface area contributed by atoms with E-state index in [0.29, 0.717) is 17.1 Å². The highest BCUT2D eigenvalue weighted by Gasteiger charge is 2.09. The van der Waals surface area contributed by atoms with Crippen LogP contribution in [0.5, 0.6) is 11.5 Å². The van der Waals surface area contributed by atoms with Crippen molar-refractivity contribution >= 4 is 5.97 Å². The van der Waals surface area contributed by atoms with Crippen molar-refractivity contribution in [2.45, 2.75) is 6.54 Å². The Hall–Kier alpha value is -3.22. The molecule has 0 saturated carbocycles. The molecule has 3 rings (SSSR count). The average molecular weight is 295 g/mol. The monoisotopic (exact) mass is 295 g/mol. The molecule has 1 heterocycles. The van der Waals surface area contributed by atoms with E-state index in [0.717, 1.165) is 5.75 Å². The van der Waals surface area contributed by atoms with Gasteiger partial charge in [-0.3, -0.25) is 0 Å². The molecule has 2 aromatic carbocycles. The van der Waals surface area contributed by atoms with Crippen molar-refractivity contribution in [3.8, 4) is 22.9 Å². The number of aromatic nitrogens is 4. The maximum Gasteiger partial charge on any atom is 0.182 e. The Bertz CT molecular complexity index is 769. The van der Waals surface area contributed by atoms with E-state index < -0.39 is 12.5 Å². The molecule has 0 spiro atoms. The number of benzene rings is 2. The molecule has 7 heteroatoms. The summed E-state index contributed by atoms with van der Waals surface area (Å²) in [5.74, 6) is 0.499. The van der Waals surface area contributed by atoms with Gasteiger partial charge in [-0.2, -0.15) is 0 Å². The Morgan fingerprint density at radius 1 is 1.05 bits per heavy atom. The number of aliphatic carboxylic acids is 1. The molecule has 0 aliphatic rings. The highest BCUT2D eigenvalue weighted by atomic mass is 16.5. The molecule has 3 aromatic rings. The van der Waals surface area contributed by atoms with Crippen molar-refractivity contribution in [3.05, 3.63) is 54.6 Å². The number of para-hydroxylation sites is 1. The van der Waals surface area contributed by atoms with E-state index in [1.165, 1.54) is 4.68 Å². The van der Waals surface area contributed by atoms with Gasteiger partial charge in [-0.15, -0.1) is 5.10 Å². The first-order valence-corrected chi connectivity index (χ1v) is 6.52. The van der Waals surface area contributed by atoms with Crippen LogP contribution in [0.4, 0.5) is 0 Å². The molecule has 0 saturated heterocycles. The Kier molecular flexibility index (Phi) is 3.78. The molecule has 0 radical (unpaired) electrons. The minimum absolute atomic E-state index is 0.357. The maximum atomic E-state index is 10.7. The zero-order valence-corrected chi connectivity index (χ0v) is 11.4. The number of carboxylic acids is 1. The minimum atomic E-state index is -1.25. The molecule has 0 atom stereocenters. The quantitative estimate of drug-likeness (QED) is 0.693. The van der Waals surface area contributed by atoms with Crippen LogP contribution >= 0.6 is 0 Å². The first kappa shape index (κ1) is 13.7. The largest absolute Gasteiger partial charge is 0.548 e. The SMILES string of the molecule is O=C([O-])Cn1nnnc1-c1ccc(Oc2ccccc2)cc1. The van der Waals surface area contributed by atoms with Gasteiger partial charge in [0.1, 0.15) is 11.5 Å². The third-order valence-corrected chi connectivity index (χ3v) is 2.90. The molecule has 22 heavy (non-hydrogen) atoms. The lowest BCUT2D eigenvalue weighted by molar-refractivity contribution is -0.306. The summed E-state index contributed by atoms with van der Waals surface area (Å²) in [7, 11) is 0. The van der Waals surface area contributed by atoms with Gasteiger partial charge in [-0.1, -0.05) is 18.2 Å². The lowest BCUT2D eigenvalue weighted by atomic mass is 10.2. The van der Waals surface area contributed by atoms with Gasteiger partial charge in [0, 0.05) is 5.56 Å². The second kappa shape index (κ2) is 6.04. The van der Waals surface area contributed by atoms with Crippen LogP contribution in [0.1, 0.15) is 0 Å². The van der Waals surface area contributed by atoms with Crippen molar-refractivity contribution in [1.29, 1.82) is 0 Å². The van der Waals surface area contributed by atoms with Crippen molar-refractivity contribution in [3.63, 3.8) is 0 Å². The average Bonchev–Trinajstić information content (AvgIpc) is 2.96. The Morgan fingerprint density at radius 3 is 2.41 bits per heavy atom. The van der Waals surface area contributed by atoms with Crippen molar-refractivity contribution < 1.29 is 14.6 Å². The highest BCUT2D eigenvalue weighted by Crippen LogP contribution is 2.24. The van der Waals surface area contributed by atoms with Crippen LogP contribution < -0.4 is 9.84 Å². The Balaban J connectivity index is 1.80. The summed E-state index contributed by atoms with van der Waals surface area (Å²) in [4.78, 5) is 10.7. The lowest BCUT2D eigenvalue weighted by Gasteiger charge is -2.07. The minimum Gasteiger partial charge on any atom is -0.548 e. The number of carboxylic acid groups (broad SMARTS) is 1. The highest BCUT2D eigenvalue weighted by molar-refractivity contribution is 5.65. The molecule has 0 unspecified atom stereocenters. The smallest absolute Gasteiger partial charge is 0.182 e. The summed E-state index contributed by atoms with van der Waals surface area (Å²) in [6.45, 7) is -0.398. The van der Waals surface area contributed by atoms with Crippen LogP contribution in [-0.2, 0) is 11.3 Å². The van der Waals surface area contributed by atoms with Gasteiger partial charge in [-0.05, 0) is 46.8 Å². The predicted molar refractivity (Wildman–Crippen MR) is 74.8 cm³/mol. The van der Waals surface area contributed by atoms with Crippen LogP contribution in [0.2, 0.25) is 0 Å². The fraction of sp³-hybridized carbons (Fsp3) is 0.0667. The first-order valence-electron chi connectivity index (χ1n) is 6.52. The van der Waals surface area contributed by atoms with Crippen LogP contribution in [0.3, 0.4) is 0 Å². The number of carbonyl (C=O) groups excluding carboxylic acids is 1. The number of hydrogen-bond donors (Lipinski definition) is 0. The van der Waals surface area contributed by atoms with Gasteiger partial charge in [-0.25, -0.2) is 4.68 Å². The second-order valence-corrected chi connectivity index (χ2v) is 4.47. The second-order valence-electron chi connectivity index (χ2n) is 4.47. The molecule has 1 aromatic heterocycles. The molecule has 0 aliphatic carbocycles. The number of ether oxygens (including phenoxy) is 1. The van der Waals surface area contributed by atoms with Crippen LogP contribution in [0.15, 0.2) is 54.6 Å². The molecular formula is C15H11N4O3-. The molecule has 0 fully saturated rings. The van der Waals surface area contributed by atoms with E-state index >= 15 is 0 Å². The number of hydrogen-bond acceptors (Lipinski definition) is 6. The van der Waals surface area contributed by atoms with Crippen LogP contribution in [0.25, 0.3) is 11.4 Å². The molecule has 0 aliphatic heterocycles. The molecule has 0 amide bonds. The van der Waals surface area contributed by atoms with Gasteiger partial charge in [0.15, 0.2) is 5.82 Å². The fourth-order valence-electron chi connectivity index (χ4n) is 1.94. The Morgan fingerprint density at radius 2 is 1.73 bits per heavy atom. The maximum absolute atomic E-state index is 10.7.